The Labute approximate surface area is 126 Å². The van der Waals surface area contributed by atoms with Crippen LogP contribution in [0.4, 0.5) is 0 Å². The quantitative estimate of drug-likeness (QED) is 0.740. The highest BCUT2D eigenvalue weighted by Crippen LogP contribution is 2.41. The van der Waals surface area contributed by atoms with E-state index in [9.17, 15) is 19.0 Å². The Hall–Kier alpha value is -1.85. The first-order valence-corrected chi connectivity index (χ1v) is 7.59. The summed E-state index contributed by atoms with van der Waals surface area (Å²) in [6, 6.07) is 9.94. The molecule has 0 amide bonds. The summed E-state index contributed by atoms with van der Waals surface area (Å²) in [5.74, 6) is -0.505. The third kappa shape index (κ3) is 3.09. The summed E-state index contributed by atoms with van der Waals surface area (Å²) < 4.78 is 20.4. The Kier molecular flexibility index (Phi) is 4.07. The molecule has 0 aliphatic carbocycles. The van der Waals surface area contributed by atoms with E-state index in [0.717, 1.165) is 5.56 Å². The molecule has 0 radical (unpaired) electrons. The van der Waals surface area contributed by atoms with Crippen LogP contribution in [-0.2, 0) is 16.5 Å². The lowest BCUT2D eigenvalue weighted by atomic mass is 9.85. The van der Waals surface area contributed by atoms with Gasteiger partial charge in [0, 0.05) is 0 Å². The van der Waals surface area contributed by atoms with Gasteiger partial charge in [-0.2, -0.15) is 0 Å². The first-order valence-electron chi connectivity index (χ1n) is 6.48. The van der Waals surface area contributed by atoms with Crippen molar-refractivity contribution in [3.05, 3.63) is 42.0 Å². The van der Waals surface area contributed by atoms with E-state index in [0.29, 0.717) is 5.56 Å². The summed E-state index contributed by atoms with van der Waals surface area (Å²) >= 11 is -2.32. The average molecular weight is 306 g/mol. The maximum Gasteiger partial charge on any atom is 0.190 e. The van der Waals surface area contributed by atoms with Gasteiger partial charge in [0.15, 0.2) is 11.1 Å². The summed E-state index contributed by atoms with van der Waals surface area (Å²) in [6.07, 6.45) is 0. The summed E-state index contributed by atoms with van der Waals surface area (Å²) in [5, 5.41) is 20.2. The monoisotopic (exact) mass is 306 g/mol. The van der Waals surface area contributed by atoms with Crippen LogP contribution < -0.4 is 0 Å². The Bertz CT molecular complexity index is 702. The molecule has 0 fully saturated rings. The lowest BCUT2D eigenvalue weighted by Crippen LogP contribution is -2.10. The summed E-state index contributed by atoms with van der Waals surface area (Å²) in [6.45, 7) is 6.18. The molecule has 21 heavy (non-hydrogen) atoms. The number of phenolic OH excluding ortho intramolecular Hbond substituents is 2. The lowest BCUT2D eigenvalue weighted by molar-refractivity contribution is 0.442. The fraction of sp³-hybridized carbons (Fsp3) is 0.250. The minimum absolute atomic E-state index is 0.0847. The number of rotatable bonds is 2. The third-order valence-electron chi connectivity index (χ3n) is 3.32. The Morgan fingerprint density at radius 1 is 1.05 bits per heavy atom. The summed E-state index contributed by atoms with van der Waals surface area (Å²) in [5.41, 5.74) is 1.72. The Morgan fingerprint density at radius 3 is 2.29 bits per heavy atom. The van der Waals surface area contributed by atoms with Crippen LogP contribution in [0.1, 0.15) is 26.3 Å². The molecule has 0 saturated heterocycles. The van der Waals surface area contributed by atoms with Gasteiger partial charge in [-0.1, -0.05) is 45.0 Å². The van der Waals surface area contributed by atoms with Crippen molar-refractivity contribution in [3.8, 4) is 22.6 Å². The molecule has 2 aromatic carbocycles. The third-order valence-corrected chi connectivity index (χ3v) is 4.03. The highest BCUT2D eigenvalue weighted by Gasteiger charge is 2.19. The second-order valence-corrected chi connectivity index (χ2v) is 6.82. The molecule has 1 unspecified atom stereocenters. The number of aromatic hydroxyl groups is 2. The van der Waals surface area contributed by atoms with Crippen molar-refractivity contribution in [2.75, 3.05) is 0 Å². The number of hydrogen-bond acceptors (Lipinski definition) is 3. The molecule has 0 saturated carbocycles. The summed E-state index contributed by atoms with van der Waals surface area (Å²) in [7, 11) is 0. The van der Waals surface area contributed by atoms with Gasteiger partial charge in [0.2, 0.25) is 0 Å². The molecule has 0 heterocycles. The van der Waals surface area contributed by atoms with Crippen LogP contribution >= 0.6 is 0 Å². The maximum absolute atomic E-state index is 11.2. The van der Waals surface area contributed by atoms with E-state index in [-0.39, 0.29) is 27.4 Å². The van der Waals surface area contributed by atoms with Gasteiger partial charge >= 0.3 is 0 Å². The molecular weight excluding hydrogens is 288 g/mol. The van der Waals surface area contributed by atoms with Gasteiger partial charge in [0.1, 0.15) is 16.4 Å². The van der Waals surface area contributed by atoms with E-state index in [1.165, 1.54) is 12.1 Å². The summed E-state index contributed by atoms with van der Waals surface area (Å²) in [4.78, 5) is -0.121. The number of hydrogen-bond donors (Lipinski definition) is 3. The van der Waals surface area contributed by atoms with Gasteiger partial charge in [-0.05, 0) is 28.7 Å². The minimum Gasteiger partial charge on any atom is -0.507 e. The molecule has 2 aromatic rings. The van der Waals surface area contributed by atoms with Crippen LogP contribution in [0.25, 0.3) is 11.1 Å². The smallest absolute Gasteiger partial charge is 0.190 e. The SMILES string of the molecule is CC(C)(C)c1cccc(-c2c(O)ccc(S(=O)O)c2O)c1. The fourth-order valence-electron chi connectivity index (χ4n) is 2.13. The van der Waals surface area contributed by atoms with E-state index in [1.807, 2.05) is 18.2 Å². The molecule has 0 bridgehead atoms. The van der Waals surface area contributed by atoms with Gasteiger partial charge in [0.25, 0.3) is 0 Å². The molecular formula is C16H18O4S. The minimum atomic E-state index is -2.32. The predicted molar refractivity (Wildman–Crippen MR) is 82.9 cm³/mol. The number of phenols is 2. The van der Waals surface area contributed by atoms with Crippen molar-refractivity contribution in [3.63, 3.8) is 0 Å². The molecule has 2 rings (SSSR count). The molecule has 4 nitrogen and oxygen atoms in total. The largest absolute Gasteiger partial charge is 0.507 e. The molecule has 0 aliphatic heterocycles. The predicted octanol–water partition coefficient (Wildman–Crippen LogP) is 3.64. The van der Waals surface area contributed by atoms with Gasteiger partial charge in [0.05, 0.1) is 5.56 Å². The van der Waals surface area contributed by atoms with E-state index in [4.69, 9.17) is 0 Å². The van der Waals surface area contributed by atoms with Crippen molar-refractivity contribution in [1.82, 2.24) is 0 Å². The normalized spacial score (nSPS) is 13.1. The van der Waals surface area contributed by atoms with E-state index in [1.54, 1.807) is 6.07 Å². The topological polar surface area (TPSA) is 77.8 Å². The van der Waals surface area contributed by atoms with Crippen molar-refractivity contribution in [1.29, 1.82) is 0 Å². The zero-order chi connectivity index (χ0) is 15.8. The van der Waals surface area contributed by atoms with Crippen LogP contribution in [-0.4, -0.2) is 19.0 Å². The van der Waals surface area contributed by atoms with Gasteiger partial charge < -0.3 is 14.8 Å². The zero-order valence-corrected chi connectivity index (χ0v) is 12.9. The standard InChI is InChI=1S/C16H18O4S/c1-16(2,3)11-6-4-5-10(9-11)14-12(17)7-8-13(15(14)18)21(19)20/h4-9,17-18H,1-3H3,(H,19,20). The van der Waals surface area contributed by atoms with Crippen LogP contribution in [0.2, 0.25) is 0 Å². The molecule has 3 N–H and O–H groups in total. The van der Waals surface area contributed by atoms with Gasteiger partial charge in [-0.25, -0.2) is 4.21 Å². The van der Waals surface area contributed by atoms with Crippen LogP contribution in [0.15, 0.2) is 41.3 Å². The fourth-order valence-corrected chi connectivity index (χ4v) is 2.58. The molecule has 5 heteroatoms. The maximum atomic E-state index is 11.2. The van der Waals surface area contributed by atoms with E-state index < -0.39 is 11.1 Å². The zero-order valence-electron chi connectivity index (χ0n) is 12.1. The van der Waals surface area contributed by atoms with Crippen molar-refractivity contribution < 1.29 is 19.0 Å². The highest BCUT2D eigenvalue weighted by atomic mass is 32.2. The molecule has 0 aliphatic rings. The second-order valence-electron chi connectivity index (χ2n) is 5.89. The van der Waals surface area contributed by atoms with Crippen LogP contribution in [0.3, 0.4) is 0 Å². The van der Waals surface area contributed by atoms with Crippen molar-refractivity contribution in [2.24, 2.45) is 0 Å². The van der Waals surface area contributed by atoms with Gasteiger partial charge in [-0.3, -0.25) is 0 Å². The highest BCUT2D eigenvalue weighted by molar-refractivity contribution is 7.79. The van der Waals surface area contributed by atoms with Crippen molar-refractivity contribution in [2.45, 2.75) is 31.1 Å². The van der Waals surface area contributed by atoms with Gasteiger partial charge in [-0.15, -0.1) is 0 Å². The van der Waals surface area contributed by atoms with E-state index >= 15 is 0 Å². The number of benzene rings is 2. The Morgan fingerprint density at radius 2 is 1.71 bits per heavy atom. The lowest BCUT2D eigenvalue weighted by Gasteiger charge is -2.20. The first kappa shape index (κ1) is 15.5. The molecule has 0 spiro atoms. The molecule has 0 aromatic heterocycles. The van der Waals surface area contributed by atoms with Crippen molar-refractivity contribution >= 4 is 11.1 Å². The van der Waals surface area contributed by atoms with Crippen LogP contribution in [0.5, 0.6) is 11.5 Å². The molecule has 1 atom stereocenters. The average Bonchev–Trinajstić information content (AvgIpc) is 2.37. The Balaban J connectivity index is 2.67. The first-order chi connectivity index (χ1) is 9.71. The molecule has 112 valence electrons. The van der Waals surface area contributed by atoms with E-state index in [2.05, 4.69) is 20.8 Å². The van der Waals surface area contributed by atoms with Crippen LogP contribution in [0, 0.1) is 0 Å². The second kappa shape index (κ2) is 5.50.